The number of methoxy groups -OCH3 is 1. The maximum atomic E-state index is 13.6. The van der Waals surface area contributed by atoms with Crippen LogP contribution in [-0.2, 0) is 6.42 Å². The normalized spacial score (nSPS) is 10.3. The third-order valence-corrected chi connectivity index (χ3v) is 2.08. The molecule has 0 radical (unpaired) electrons. The molecule has 0 fully saturated rings. The van der Waals surface area contributed by atoms with E-state index in [0.29, 0.717) is 18.4 Å². The van der Waals surface area contributed by atoms with Gasteiger partial charge in [-0.15, -0.1) is 0 Å². The minimum absolute atomic E-state index is 0.0791. The maximum absolute atomic E-state index is 13.6. The molecule has 0 aliphatic heterocycles. The van der Waals surface area contributed by atoms with E-state index in [4.69, 9.17) is 9.84 Å². The third kappa shape index (κ3) is 2.45. The summed E-state index contributed by atoms with van der Waals surface area (Å²) in [5.41, 5.74) is 1.58. The highest BCUT2D eigenvalue weighted by Gasteiger charge is 2.09. The lowest BCUT2D eigenvalue weighted by Crippen LogP contribution is -1.98. The van der Waals surface area contributed by atoms with Crippen molar-refractivity contribution in [3.63, 3.8) is 0 Å². The van der Waals surface area contributed by atoms with Crippen LogP contribution < -0.4 is 4.74 Å². The van der Waals surface area contributed by atoms with Crippen molar-refractivity contribution in [1.29, 1.82) is 0 Å². The van der Waals surface area contributed by atoms with Gasteiger partial charge in [0.25, 0.3) is 0 Å². The van der Waals surface area contributed by atoms with E-state index in [1.807, 2.05) is 6.92 Å². The molecule has 1 N–H and O–H groups in total. The number of hydrogen-bond acceptors (Lipinski definition) is 2. The van der Waals surface area contributed by atoms with Gasteiger partial charge in [0.15, 0.2) is 11.6 Å². The van der Waals surface area contributed by atoms with Crippen LogP contribution in [0, 0.1) is 12.7 Å². The quantitative estimate of drug-likeness (QED) is 0.802. The zero-order chi connectivity index (χ0) is 10.6. The molecule has 0 heterocycles. The summed E-state index contributed by atoms with van der Waals surface area (Å²) in [6, 6.07) is 3.45. The molecule has 1 aromatic carbocycles. The Morgan fingerprint density at radius 1 is 1.43 bits per heavy atom. The minimum Gasteiger partial charge on any atom is -0.494 e. The molecule has 0 amide bonds. The average Bonchev–Trinajstić information content (AvgIpc) is 2.18. The lowest BCUT2D eigenvalue weighted by Gasteiger charge is -2.08. The molecule has 3 heteroatoms. The summed E-state index contributed by atoms with van der Waals surface area (Å²) in [6.07, 6.45) is 1.11. The van der Waals surface area contributed by atoms with Gasteiger partial charge in [-0.3, -0.25) is 0 Å². The van der Waals surface area contributed by atoms with Crippen molar-refractivity contribution < 1.29 is 14.2 Å². The summed E-state index contributed by atoms with van der Waals surface area (Å²) in [6.45, 7) is 1.97. The summed E-state index contributed by atoms with van der Waals surface area (Å²) >= 11 is 0. The number of benzene rings is 1. The first-order valence-corrected chi connectivity index (χ1v) is 4.63. The smallest absolute Gasteiger partial charge is 0.168 e. The van der Waals surface area contributed by atoms with Crippen LogP contribution in [0.15, 0.2) is 12.1 Å². The van der Waals surface area contributed by atoms with Crippen LogP contribution in [0.5, 0.6) is 5.75 Å². The number of aryl methyl sites for hydroxylation is 2. The summed E-state index contributed by atoms with van der Waals surface area (Å²) in [7, 11) is 1.45. The standard InChI is InChI=1S/C11H15FO2/c1-8-6-9(4-3-5-13)11(12)10(7-8)14-2/h6-7,13H,3-5H2,1-2H3. The van der Waals surface area contributed by atoms with Gasteiger partial charge in [-0.2, -0.15) is 0 Å². The fraction of sp³-hybridized carbons (Fsp3) is 0.455. The highest BCUT2D eigenvalue weighted by molar-refractivity contribution is 5.35. The SMILES string of the molecule is COc1cc(C)cc(CCCO)c1F. The zero-order valence-electron chi connectivity index (χ0n) is 8.51. The van der Waals surface area contributed by atoms with Gasteiger partial charge in [0.1, 0.15) is 0 Å². The Balaban J connectivity index is 2.96. The van der Waals surface area contributed by atoms with Crippen molar-refractivity contribution in [3.8, 4) is 5.75 Å². The maximum Gasteiger partial charge on any atom is 0.168 e. The molecular weight excluding hydrogens is 183 g/mol. The highest BCUT2D eigenvalue weighted by atomic mass is 19.1. The number of aliphatic hydroxyl groups excluding tert-OH is 1. The molecule has 0 spiro atoms. The van der Waals surface area contributed by atoms with Crippen LogP contribution in [0.2, 0.25) is 0 Å². The molecule has 2 nitrogen and oxygen atoms in total. The zero-order valence-corrected chi connectivity index (χ0v) is 8.51. The van der Waals surface area contributed by atoms with Gasteiger partial charge in [-0.25, -0.2) is 4.39 Å². The Hall–Kier alpha value is -1.09. The predicted molar refractivity (Wildman–Crippen MR) is 53.1 cm³/mol. The van der Waals surface area contributed by atoms with Gasteiger partial charge in [-0.05, 0) is 37.0 Å². The Morgan fingerprint density at radius 3 is 2.71 bits per heavy atom. The molecule has 1 aromatic rings. The third-order valence-electron chi connectivity index (χ3n) is 2.08. The van der Waals surface area contributed by atoms with Crippen molar-refractivity contribution in [2.45, 2.75) is 19.8 Å². The van der Waals surface area contributed by atoms with E-state index in [0.717, 1.165) is 5.56 Å². The number of hydrogen-bond donors (Lipinski definition) is 1. The molecule has 0 aliphatic carbocycles. The van der Waals surface area contributed by atoms with Crippen molar-refractivity contribution in [2.75, 3.05) is 13.7 Å². The average molecular weight is 198 g/mol. The molecule has 0 aromatic heterocycles. The van der Waals surface area contributed by atoms with E-state index < -0.39 is 0 Å². The van der Waals surface area contributed by atoms with E-state index in [1.165, 1.54) is 7.11 Å². The Labute approximate surface area is 83.3 Å². The largest absolute Gasteiger partial charge is 0.494 e. The summed E-state index contributed by atoms with van der Waals surface area (Å²) in [4.78, 5) is 0. The lowest BCUT2D eigenvalue weighted by atomic mass is 10.1. The molecule has 0 bridgehead atoms. The fourth-order valence-corrected chi connectivity index (χ4v) is 1.41. The molecule has 14 heavy (non-hydrogen) atoms. The van der Waals surface area contributed by atoms with Crippen LogP contribution in [0.3, 0.4) is 0 Å². The van der Waals surface area contributed by atoms with Gasteiger partial charge < -0.3 is 9.84 Å². The molecule has 0 aliphatic rings. The van der Waals surface area contributed by atoms with Crippen molar-refractivity contribution in [1.82, 2.24) is 0 Å². The number of rotatable bonds is 4. The fourth-order valence-electron chi connectivity index (χ4n) is 1.41. The van der Waals surface area contributed by atoms with E-state index >= 15 is 0 Å². The topological polar surface area (TPSA) is 29.5 Å². The van der Waals surface area contributed by atoms with Gasteiger partial charge in [0, 0.05) is 6.61 Å². The summed E-state index contributed by atoms with van der Waals surface area (Å²) < 4.78 is 18.5. The van der Waals surface area contributed by atoms with Crippen LogP contribution in [-0.4, -0.2) is 18.8 Å². The Morgan fingerprint density at radius 2 is 2.14 bits per heavy atom. The molecule has 0 saturated carbocycles. The number of ether oxygens (including phenoxy) is 1. The molecular formula is C11H15FO2. The Kier molecular flexibility index (Phi) is 3.89. The van der Waals surface area contributed by atoms with E-state index in [1.54, 1.807) is 12.1 Å². The summed E-state index contributed by atoms with van der Waals surface area (Å²) in [5, 5.41) is 8.66. The second-order valence-corrected chi connectivity index (χ2v) is 3.27. The lowest BCUT2D eigenvalue weighted by molar-refractivity contribution is 0.287. The van der Waals surface area contributed by atoms with Crippen LogP contribution in [0.4, 0.5) is 4.39 Å². The van der Waals surface area contributed by atoms with Crippen molar-refractivity contribution in [2.24, 2.45) is 0 Å². The summed E-state index contributed by atoms with van der Waals surface area (Å²) in [5.74, 6) is -0.0375. The molecule has 0 atom stereocenters. The van der Waals surface area contributed by atoms with Gasteiger partial charge >= 0.3 is 0 Å². The first-order valence-electron chi connectivity index (χ1n) is 4.63. The predicted octanol–water partition coefficient (Wildman–Crippen LogP) is 2.07. The molecule has 0 saturated heterocycles. The molecule has 78 valence electrons. The van der Waals surface area contributed by atoms with Gasteiger partial charge in [0.05, 0.1) is 7.11 Å². The van der Waals surface area contributed by atoms with Crippen LogP contribution in [0.1, 0.15) is 17.5 Å². The number of halogens is 1. The van der Waals surface area contributed by atoms with Crippen molar-refractivity contribution >= 4 is 0 Å². The minimum atomic E-state index is -0.313. The second-order valence-electron chi connectivity index (χ2n) is 3.27. The Bertz CT molecular complexity index is 310. The van der Waals surface area contributed by atoms with Crippen LogP contribution in [0.25, 0.3) is 0 Å². The molecule has 0 unspecified atom stereocenters. The van der Waals surface area contributed by atoms with Crippen molar-refractivity contribution in [3.05, 3.63) is 29.1 Å². The van der Waals surface area contributed by atoms with E-state index in [-0.39, 0.29) is 18.2 Å². The first kappa shape index (κ1) is 11.0. The monoisotopic (exact) mass is 198 g/mol. The number of aliphatic hydroxyl groups is 1. The second kappa shape index (κ2) is 4.96. The highest BCUT2D eigenvalue weighted by Crippen LogP contribution is 2.23. The van der Waals surface area contributed by atoms with E-state index in [9.17, 15) is 4.39 Å². The van der Waals surface area contributed by atoms with E-state index in [2.05, 4.69) is 0 Å². The molecule has 1 rings (SSSR count). The first-order chi connectivity index (χ1) is 6.69. The van der Waals surface area contributed by atoms with Gasteiger partial charge in [0.2, 0.25) is 0 Å². The van der Waals surface area contributed by atoms with Crippen LogP contribution >= 0.6 is 0 Å². The van der Waals surface area contributed by atoms with Gasteiger partial charge in [-0.1, -0.05) is 6.07 Å².